The first-order chi connectivity index (χ1) is 18.5. The van der Waals surface area contributed by atoms with Crippen molar-refractivity contribution in [1.29, 1.82) is 0 Å². The fourth-order valence-electron chi connectivity index (χ4n) is 5.76. The zero-order valence-electron chi connectivity index (χ0n) is 22.3. The third-order valence-electron chi connectivity index (χ3n) is 7.96. The number of hydrogen-bond acceptors (Lipinski definition) is 5. The van der Waals surface area contributed by atoms with Gasteiger partial charge in [-0.05, 0) is 84.9 Å². The molecule has 0 radical (unpaired) electrons. The third-order valence-corrected chi connectivity index (χ3v) is 7.96. The number of carbonyl (C=O) groups excluding carboxylic acids is 3. The van der Waals surface area contributed by atoms with E-state index < -0.39 is 12.0 Å². The van der Waals surface area contributed by atoms with Gasteiger partial charge in [0.15, 0.2) is 0 Å². The lowest BCUT2D eigenvalue weighted by atomic mass is 9.79. The Bertz CT molecular complexity index is 1350. The van der Waals surface area contributed by atoms with Crippen molar-refractivity contribution in [3.8, 4) is 0 Å². The molecule has 1 fully saturated rings. The van der Waals surface area contributed by atoms with Gasteiger partial charge in [0.1, 0.15) is 11.7 Å². The second-order valence-electron chi connectivity index (χ2n) is 10.4. The van der Waals surface area contributed by atoms with Crippen LogP contribution >= 0.6 is 12.4 Å². The molecule has 0 aromatic heterocycles. The SMILES string of the molecule is CCNC(=O)c1ccc2c(c1)CCN(C(=O)C(C(=O)C1CCNCC1)C(N)c1ccc3ccccc3c1)C2.Cl. The average molecular weight is 549 g/mol. The highest BCUT2D eigenvalue weighted by Gasteiger charge is 2.40. The molecule has 2 aliphatic heterocycles. The van der Waals surface area contributed by atoms with Crippen molar-refractivity contribution in [2.24, 2.45) is 17.6 Å². The van der Waals surface area contributed by atoms with Crippen molar-refractivity contribution >= 4 is 40.8 Å². The van der Waals surface area contributed by atoms with Gasteiger partial charge in [-0.2, -0.15) is 0 Å². The van der Waals surface area contributed by atoms with Crippen LogP contribution in [0, 0.1) is 11.8 Å². The van der Waals surface area contributed by atoms with Crippen LogP contribution in [0.1, 0.15) is 52.9 Å². The Morgan fingerprint density at radius 3 is 2.49 bits per heavy atom. The number of amides is 2. The number of carbonyl (C=O) groups is 3. The van der Waals surface area contributed by atoms with Crippen LogP contribution < -0.4 is 16.4 Å². The number of hydrogen-bond donors (Lipinski definition) is 3. The molecule has 0 aliphatic carbocycles. The number of Topliss-reactive ketones (excluding diaryl/α,β-unsaturated/α-hetero) is 1. The predicted octanol–water partition coefficient (Wildman–Crippen LogP) is 3.78. The molecule has 2 atom stereocenters. The minimum Gasteiger partial charge on any atom is -0.352 e. The van der Waals surface area contributed by atoms with Gasteiger partial charge < -0.3 is 21.3 Å². The van der Waals surface area contributed by atoms with Gasteiger partial charge in [-0.3, -0.25) is 14.4 Å². The van der Waals surface area contributed by atoms with Crippen LogP contribution in [-0.2, 0) is 22.6 Å². The van der Waals surface area contributed by atoms with Crippen LogP contribution in [0.5, 0.6) is 0 Å². The maximum absolute atomic E-state index is 14.1. The number of halogens is 1. The summed E-state index contributed by atoms with van der Waals surface area (Å²) in [7, 11) is 0. The summed E-state index contributed by atoms with van der Waals surface area (Å²) in [6.07, 6.45) is 2.07. The smallest absolute Gasteiger partial charge is 0.251 e. The average Bonchev–Trinajstić information content (AvgIpc) is 2.96. The van der Waals surface area contributed by atoms with E-state index in [4.69, 9.17) is 5.73 Å². The second-order valence-corrected chi connectivity index (χ2v) is 10.4. The van der Waals surface area contributed by atoms with E-state index in [1.807, 2.05) is 61.5 Å². The Kier molecular flexibility index (Phi) is 9.38. The first-order valence-corrected chi connectivity index (χ1v) is 13.6. The molecule has 0 saturated carbocycles. The van der Waals surface area contributed by atoms with E-state index in [2.05, 4.69) is 10.6 Å². The second kappa shape index (κ2) is 12.7. The molecule has 3 aromatic carbocycles. The van der Waals surface area contributed by atoms with Crippen LogP contribution in [0.4, 0.5) is 0 Å². The molecule has 206 valence electrons. The monoisotopic (exact) mass is 548 g/mol. The van der Waals surface area contributed by atoms with Crippen LogP contribution in [0.2, 0.25) is 0 Å². The molecular formula is C31H37ClN4O3. The van der Waals surface area contributed by atoms with Crippen molar-refractivity contribution in [2.75, 3.05) is 26.2 Å². The molecule has 39 heavy (non-hydrogen) atoms. The molecule has 0 bridgehead atoms. The van der Waals surface area contributed by atoms with Gasteiger partial charge in [-0.15, -0.1) is 12.4 Å². The molecule has 2 unspecified atom stereocenters. The largest absolute Gasteiger partial charge is 0.352 e. The lowest BCUT2D eigenvalue weighted by molar-refractivity contribution is -0.145. The van der Waals surface area contributed by atoms with Gasteiger partial charge in [0.25, 0.3) is 5.91 Å². The minimum absolute atomic E-state index is 0. The van der Waals surface area contributed by atoms with Crippen molar-refractivity contribution in [1.82, 2.24) is 15.5 Å². The molecule has 7 nitrogen and oxygen atoms in total. The lowest BCUT2D eigenvalue weighted by Crippen LogP contribution is -2.48. The summed E-state index contributed by atoms with van der Waals surface area (Å²) in [6, 6.07) is 18.9. The standard InChI is InChI=1S/C31H36N4O3.ClH/c1-2-34-30(37)25-9-10-26-19-35(16-13-23(26)18-25)31(38)27(29(36)21-11-14-33-15-12-21)28(32)24-8-7-20-5-3-4-6-22(20)17-24;/h3-10,17-18,21,27-28,33H,2,11-16,19,32H2,1H3,(H,34,37);1H. The number of nitrogens with one attached hydrogen (secondary N) is 2. The van der Waals surface area contributed by atoms with Crippen LogP contribution in [0.3, 0.4) is 0 Å². The van der Waals surface area contributed by atoms with Gasteiger partial charge in [0.2, 0.25) is 5.91 Å². The molecule has 2 aliphatic rings. The molecule has 4 N–H and O–H groups in total. The number of nitrogens with zero attached hydrogens (tertiary/aromatic N) is 1. The summed E-state index contributed by atoms with van der Waals surface area (Å²) in [5, 5.41) is 8.27. The van der Waals surface area contributed by atoms with Crippen molar-refractivity contribution in [2.45, 2.75) is 38.8 Å². The summed E-state index contributed by atoms with van der Waals surface area (Å²) < 4.78 is 0. The van der Waals surface area contributed by atoms with Gasteiger partial charge in [-0.25, -0.2) is 0 Å². The number of fused-ring (bicyclic) bond motifs is 2. The van der Waals surface area contributed by atoms with Gasteiger partial charge in [0.05, 0.1) is 0 Å². The Morgan fingerprint density at radius 2 is 1.74 bits per heavy atom. The normalized spacial score (nSPS) is 17.0. The number of piperidine rings is 1. The van der Waals surface area contributed by atoms with Crippen molar-refractivity contribution < 1.29 is 14.4 Å². The summed E-state index contributed by atoms with van der Waals surface area (Å²) >= 11 is 0. The van der Waals surface area contributed by atoms with Gasteiger partial charge in [0, 0.05) is 37.2 Å². The predicted molar refractivity (Wildman–Crippen MR) is 156 cm³/mol. The minimum atomic E-state index is -0.935. The summed E-state index contributed by atoms with van der Waals surface area (Å²) in [5.41, 5.74) is 10.3. The van der Waals surface area contributed by atoms with Gasteiger partial charge >= 0.3 is 0 Å². The number of benzene rings is 3. The molecule has 8 heteroatoms. The zero-order valence-corrected chi connectivity index (χ0v) is 23.1. The highest BCUT2D eigenvalue weighted by molar-refractivity contribution is 6.03. The van der Waals surface area contributed by atoms with E-state index in [1.54, 1.807) is 11.0 Å². The molecule has 5 rings (SSSR count). The van der Waals surface area contributed by atoms with E-state index in [0.29, 0.717) is 31.6 Å². The van der Waals surface area contributed by atoms with E-state index in [0.717, 1.165) is 53.4 Å². The topological polar surface area (TPSA) is 105 Å². The van der Waals surface area contributed by atoms with Crippen LogP contribution in [0.25, 0.3) is 10.8 Å². The van der Waals surface area contributed by atoms with E-state index in [9.17, 15) is 14.4 Å². The molecule has 0 spiro atoms. The fourth-order valence-corrected chi connectivity index (χ4v) is 5.76. The maximum atomic E-state index is 14.1. The maximum Gasteiger partial charge on any atom is 0.251 e. The van der Waals surface area contributed by atoms with Crippen LogP contribution in [-0.4, -0.2) is 48.7 Å². The molecule has 2 heterocycles. The number of ketones is 1. The van der Waals surface area contributed by atoms with E-state index >= 15 is 0 Å². The van der Waals surface area contributed by atoms with Crippen molar-refractivity contribution in [3.63, 3.8) is 0 Å². The number of rotatable bonds is 7. The molecule has 3 aromatic rings. The highest BCUT2D eigenvalue weighted by Crippen LogP contribution is 2.32. The Hall–Kier alpha value is -3.26. The first kappa shape index (κ1) is 28.7. The fraction of sp³-hybridized carbons (Fsp3) is 0.387. The summed E-state index contributed by atoms with van der Waals surface area (Å²) in [5.74, 6) is -1.45. The van der Waals surface area contributed by atoms with E-state index in [1.165, 1.54) is 0 Å². The first-order valence-electron chi connectivity index (χ1n) is 13.6. The number of nitrogens with two attached hydrogens (primary N) is 1. The molecule has 2 amide bonds. The zero-order chi connectivity index (χ0) is 26.6. The Labute approximate surface area is 235 Å². The molecular weight excluding hydrogens is 512 g/mol. The quantitative estimate of drug-likeness (QED) is 0.390. The highest BCUT2D eigenvalue weighted by atomic mass is 35.5. The van der Waals surface area contributed by atoms with Gasteiger partial charge in [-0.1, -0.05) is 42.5 Å². The van der Waals surface area contributed by atoms with Crippen LogP contribution in [0.15, 0.2) is 60.7 Å². The van der Waals surface area contributed by atoms with Crippen molar-refractivity contribution in [3.05, 3.63) is 82.9 Å². The Morgan fingerprint density at radius 1 is 1.00 bits per heavy atom. The third kappa shape index (κ3) is 6.16. The summed E-state index contributed by atoms with van der Waals surface area (Å²) in [4.78, 5) is 42.0. The Balaban J connectivity index is 0.00000353. The summed E-state index contributed by atoms with van der Waals surface area (Å²) in [6.45, 7) is 4.91. The van der Waals surface area contributed by atoms with E-state index in [-0.39, 0.29) is 35.9 Å². The lowest BCUT2D eigenvalue weighted by Gasteiger charge is -2.35. The molecule has 1 saturated heterocycles.